The van der Waals surface area contributed by atoms with E-state index in [-0.39, 0.29) is 17.9 Å². The lowest BCUT2D eigenvalue weighted by Gasteiger charge is -2.20. The highest BCUT2D eigenvalue weighted by Gasteiger charge is 2.18. The summed E-state index contributed by atoms with van der Waals surface area (Å²) in [6.07, 6.45) is 1.27. The zero-order chi connectivity index (χ0) is 19.4. The fraction of sp³-hybridized carbons (Fsp3) is 0.167. The number of aromatic nitrogens is 2. The number of nitro groups is 1. The molecular weight excluding hydrogens is 352 g/mol. The van der Waals surface area contributed by atoms with E-state index in [1.165, 1.54) is 31.6 Å². The van der Waals surface area contributed by atoms with Crippen molar-refractivity contribution in [1.82, 2.24) is 9.97 Å². The second-order valence-corrected chi connectivity index (χ2v) is 5.73. The molecule has 9 nitrogen and oxygen atoms in total. The molecule has 9 heteroatoms. The van der Waals surface area contributed by atoms with Crippen molar-refractivity contribution in [3.63, 3.8) is 0 Å². The number of carboxylic acids is 1. The van der Waals surface area contributed by atoms with Gasteiger partial charge in [-0.2, -0.15) is 0 Å². The Kier molecular flexibility index (Phi) is 5.23. The Morgan fingerprint density at radius 2 is 2.07 bits per heavy atom. The number of methoxy groups -OCH3 is 1. The standard InChI is InChI=1S/C18H16N4O5/c1-27-9-15(11-4-2-5-12(8-11)22(25)26)21-17-13-6-3-7-14(18(23)24)16(13)19-10-20-17/h2-8,10,15H,9H2,1H3,(H,23,24)(H,19,20,21). The summed E-state index contributed by atoms with van der Waals surface area (Å²) < 4.78 is 5.24. The first-order chi connectivity index (χ1) is 13.0. The minimum absolute atomic E-state index is 0.0314. The molecule has 1 atom stereocenters. The minimum Gasteiger partial charge on any atom is -0.478 e. The SMILES string of the molecule is COCC(Nc1ncnc2c(C(=O)O)cccc12)c1cccc([N+](=O)[O-])c1. The minimum atomic E-state index is -1.09. The average molecular weight is 368 g/mol. The van der Waals surface area contributed by atoms with Crippen LogP contribution in [0.4, 0.5) is 11.5 Å². The number of hydrogen-bond donors (Lipinski definition) is 2. The topological polar surface area (TPSA) is 127 Å². The van der Waals surface area contributed by atoms with Crippen LogP contribution in [0.3, 0.4) is 0 Å². The number of fused-ring (bicyclic) bond motifs is 1. The van der Waals surface area contributed by atoms with Gasteiger partial charge < -0.3 is 15.2 Å². The van der Waals surface area contributed by atoms with Crippen molar-refractivity contribution in [2.45, 2.75) is 6.04 Å². The van der Waals surface area contributed by atoms with E-state index in [9.17, 15) is 20.0 Å². The van der Waals surface area contributed by atoms with E-state index in [4.69, 9.17) is 4.74 Å². The van der Waals surface area contributed by atoms with E-state index >= 15 is 0 Å². The number of carboxylic acid groups (broad SMARTS) is 1. The van der Waals surface area contributed by atoms with Crippen molar-refractivity contribution in [2.24, 2.45) is 0 Å². The van der Waals surface area contributed by atoms with Crippen LogP contribution in [0.15, 0.2) is 48.8 Å². The maximum atomic E-state index is 11.4. The fourth-order valence-electron chi connectivity index (χ4n) is 2.78. The predicted octanol–water partition coefficient (Wildman–Crippen LogP) is 3.04. The predicted molar refractivity (Wildman–Crippen MR) is 97.8 cm³/mol. The van der Waals surface area contributed by atoms with Gasteiger partial charge in [0.15, 0.2) is 0 Å². The fourth-order valence-corrected chi connectivity index (χ4v) is 2.78. The van der Waals surface area contributed by atoms with Crippen molar-refractivity contribution < 1.29 is 19.6 Å². The monoisotopic (exact) mass is 368 g/mol. The first-order valence-electron chi connectivity index (χ1n) is 7.98. The number of hydrogen-bond acceptors (Lipinski definition) is 7. The van der Waals surface area contributed by atoms with Crippen LogP contribution < -0.4 is 5.32 Å². The van der Waals surface area contributed by atoms with Crippen molar-refractivity contribution >= 4 is 28.4 Å². The van der Waals surface area contributed by atoms with Gasteiger partial charge in [-0.25, -0.2) is 14.8 Å². The number of nitro benzene ring substituents is 1. The number of para-hydroxylation sites is 1. The van der Waals surface area contributed by atoms with Crippen molar-refractivity contribution in [2.75, 3.05) is 19.0 Å². The third kappa shape index (κ3) is 3.82. The molecule has 2 N–H and O–H groups in total. The van der Waals surface area contributed by atoms with Gasteiger partial charge in [-0.15, -0.1) is 0 Å². The third-order valence-electron chi connectivity index (χ3n) is 4.02. The van der Waals surface area contributed by atoms with Crippen LogP contribution in [0.5, 0.6) is 0 Å². The van der Waals surface area contributed by atoms with Crippen LogP contribution in [0.1, 0.15) is 22.0 Å². The van der Waals surface area contributed by atoms with E-state index in [1.54, 1.807) is 24.3 Å². The second kappa shape index (κ2) is 7.75. The average Bonchev–Trinajstić information content (AvgIpc) is 2.67. The number of rotatable bonds is 7. The molecule has 138 valence electrons. The van der Waals surface area contributed by atoms with Crippen molar-refractivity contribution in [3.05, 3.63) is 70.0 Å². The molecule has 0 aliphatic heterocycles. The molecule has 0 aliphatic rings. The number of nitrogens with one attached hydrogen (secondary N) is 1. The molecule has 0 aliphatic carbocycles. The molecule has 3 rings (SSSR count). The van der Waals surface area contributed by atoms with Gasteiger partial charge in [0.25, 0.3) is 5.69 Å². The number of carbonyl (C=O) groups is 1. The second-order valence-electron chi connectivity index (χ2n) is 5.73. The van der Waals surface area contributed by atoms with E-state index in [2.05, 4.69) is 15.3 Å². The summed E-state index contributed by atoms with van der Waals surface area (Å²) >= 11 is 0. The van der Waals surface area contributed by atoms with Crippen LogP contribution in [-0.2, 0) is 4.74 Å². The van der Waals surface area contributed by atoms with Gasteiger partial charge in [-0.05, 0) is 17.7 Å². The molecule has 1 heterocycles. The number of nitrogens with zero attached hydrogens (tertiary/aromatic N) is 3. The van der Waals surface area contributed by atoms with Crippen LogP contribution in [-0.4, -0.2) is 39.7 Å². The van der Waals surface area contributed by atoms with E-state index in [0.29, 0.717) is 22.3 Å². The van der Waals surface area contributed by atoms with Crippen molar-refractivity contribution in [1.29, 1.82) is 0 Å². The summed E-state index contributed by atoms with van der Waals surface area (Å²) in [7, 11) is 1.52. The van der Waals surface area contributed by atoms with Crippen LogP contribution in [0.2, 0.25) is 0 Å². The highest BCUT2D eigenvalue weighted by molar-refractivity contribution is 6.04. The lowest BCUT2D eigenvalue weighted by Crippen LogP contribution is -2.17. The first kappa shape index (κ1) is 18.2. The molecule has 2 aromatic carbocycles. The lowest BCUT2D eigenvalue weighted by molar-refractivity contribution is -0.384. The third-order valence-corrected chi connectivity index (χ3v) is 4.02. The van der Waals surface area contributed by atoms with E-state index < -0.39 is 16.9 Å². The van der Waals surface area contributed by atoms with Gasteiger partial charge in [0.1, 0.15) is 12.1 Å². The van der Waals surface area contributed by atoms with Crippen LogP contribution in [0.25, 0.3) is 10.9 Å². The zero-order valence-electron chi connectivity index (χ0n) is 14.3. The number of non-ortho nitro benzene ring substituents is 1. The quantitative estimate of drug-likeness (QED) is 0.481. The van der Waals surface area contributed by atoms with Gasteiger partial charge in [0.05, 0.1) is 28.7 Å². The molecule has 0 spiro atoms. The Labute approximate surface area is 153 Å². The largest absolute Gasteiger partial charge is 0.478 e. The maximum Gasteiger partial charge on any atom is 0.337 e. The van der Waals surface area contributed by atoms with Crippen LogP contribution in [0, 0.1) is 10.1 Å². The van der Waals surface area contributed by atoms with Gasteiger partial charge in [-0.3, -0.25) is 10.1 Å². The Morgan fingerprint density at radius 3 is 2.78 bits per heavy atom. The molecular formula is C18H16N4O5. The van der Waals surface area contributed by atoms with Gasteiger partial charge in [0, 0.05) is 24.6 Å². The summed E-state index contributed by atoms with van der Waals surface area (Å²) in [5.41, 5.74) is 0.984. The molecule has 0 fully saturated rings. The molecule has 1 aromatic heterocycles. The number of anilines is 1. The number of benzene rings is 2. The zero-order valence-corrected chi connectivity index (χ0v) is 14.3. The van der Waals surface area contributed by atoms with E-state index in [1.807, 2.05) is 0 Å². The smallest absolute Gasteiger partial charge is 0.337 e. The lowest BCUT2D eigenvalue weighted by atomic mass is 10.1. The summed E-state index contributed by atoms with van der Waals surface area (Å²) in [4.78, 5) is 30.3. The highest BCUT2D eigenvalue weighted by atomic mass is 16.6. The van der Waals surface area contributed by atoms with E-state index in [0.717, 1.165) is 0 Å². The Morgan fingerprint density at radius 1 is 1.30 bits per heavy atom. The van der Waals surface area contributed by atoms with Gasteiger partial charge in [0.2, 0.25) is 0 Å². The van der Waals surface area contributed by atoms with Gasteiger partial charge in [-0.1, -0.05) is 18.2 Å². The van der Waals surface area contributed by atoms with Gasteiger partial charge >= 0.3 is 5.97 Å². The molecule has 0 bridgehead atoms. The van der Waals surface area contributed by atoms with Crippen LogP contribution >= 0.6 is 0 Å². The summed E-state index contributed by atoms with van der Waals surface area (Å²) in [5.74, 6) is -0.672. The Hall–Kier alpha value is -3.59. The number of ether oxygens (including phenoxy) is 1. The molecule has 1 unspecified atom stereocenters. The molecule has 0 saturated heterocycles. The Balaban J connectivity index is 2.03. The number of aromatic carboxylic acids is 1. The summed E-state index contributed by atoms with van der Waals surface area (Å²) in [6.45, 7) is 0.227. The molecule has 0 saturated carbocycles. The highest BCUT2D eigenvalue weighted by Crippen LogP contribution is 2.27. The van der Waals surface area contributed by atoms with Crippen molar-refractivity contribution in [3.8, 4) is 0 Å². The normalized spacial score (nSPS) is 11.9. The first-order valence-corrected chi connectivity index (χ1v) is 7.98. The summed E-state index contributed by atoms with van der Waals surface area (Å²) in [5, 5.41) is 24.1. The maximum absolute atomic E-state index is 11.4. The molecule has 0 radical (unpaired) electrons. The molecule has 27 heavy (non-hydrogen) atoms. The molecule has 0 amide bonds. The molecule has 3 aromatic rings. The Bertz CT molecular complexity index is 1010. The summed E-state index contributed by atoms with van der Waals surface area (Å²) in [6, 6.07) is 10.6.